The van der Waals surface area contributed by atoms with Gasteiger partial charge in [0, 0.05) is 40.3 Å². The summed E-state index contributed by atoms with van der Waals surface area (Å²) in [6.07, 6.45) is 4.97. The number of aromatic amines is 1. The van der Waals surface area contributed by atoms with Crippen LogP contribution in [-0.2, 0) is 6.54 Å². The predicted octanol–water partition coefficient (Wildman–Crippen LogP) is 4.07. The second-order valence-corrected chi connectivity index (χ2v) is 7.99. The van der Waals surface area contributed by atoms with Crippen molar-refractivity contribution in [1.82, 2.24) is 19.7 Å². The fourth-order valence-corrected chi connectivity index (χ4v) is 4.15. The van der Waals surface area contributed by atoms with Crippen molar-refractivity contribution in [3.63, 3.8) is 0 Å². The first-order valence-corrected chi connectivity index (χ1v) is 9.97. The molecule has 2 aromatic heterocycles. The molecular formula is C24H21N5O. The van der Waals surface area contributed by atoms with Crippen molar-refractivity contribution >= 4 is 16.7 Å². The zero-order chi connectivity index (χ0) is 20.8. The van der Waals surface area contributed by atoms with Gasteiger partial charge in [-0.25, -0.2) is 0 Å². The normalized spacial score (nSPS) is 12.4. The minimum Gasteiger partial charge on any atom is -0.354 e. The van der Waals surface area contributed by atoms with Crippen LogP contribution in [0.2, 0.25) is 0 Å². The lowest BCUT2D eigenvalue weighted by Crippen LogP contribution is -2.15. The van der Waals surface area contributed by atoms with Crippen molar-refractivity contribution in [2.45, 2.75) is 13.0 Å². The third-order valence-corrected chi connectivity index (χ3v) is 5.65. The fourth-order valence-electron chi connectivity index (χ4n) is 4.15. The molecular weight excluding hydrogens is 374 g/mol. The molecule has 0 fully saturated rings. The number of fused-ring (bicyclic) bond motifs is 5. The number of nitrogens with zero attached hydrogens (tertiary/aromatic N) is 4. The van der Waals surface area contributed by atoms with Gasteiger partial charge in [0.15, 0.2) is 5.78 Å². The molecule has 4 aromatic rings. The van der Waals surface area contributed by atoms with Crippen LogP contribution in [0.25, 0.3) is 33.3 Å². The van der Waals surface area contributed by atoms with E-state index in [1.54, 1.807) is 12.1 Å². The van der Waals surface area contributed by atoms with Gasteiger partial charge in [0.1, 0.15) is 0 Å². The number of nitriles is 1. The second-order valence-electron chi connectivity index (χ2n) is 7.99. The average Bonchev–Trinajstić information content (AvgIpc) is 3.42. The van der Waals surface area contributed by atoms with E-state index >= 15 is 0 Å². The monoisotopic (exact) mass is 395 g/mol. The highest BCUT2D eigenvalue weighted by Gasteiger charge is 2.31. The Bertz CT molecular complexity index is 1340. The summed E-state index contributed by atoms with van der Waals surface area (Å²) in [4.78, 5) is 18.6. The van der Waals surface area contributed by atoms with E-state index in [4.69, 9.17) is 5.26 Å². The van der Waals surface area contributed by atoms with Crippen LogP contribution >= 0.6 is 0 Å². The lowest BCUT2D eigenvalue weighted by molar-refractivity contribution is 0.104. The average molecular weight is 395 g/mol. The maximum absolute atomic E-state index is 13.0. The van der Waals surface area contributed by atoms with Crippen LogP contribution in [-0.4, -0.2) is 46.1 Å². The van der Waals surface area contributed by atoms with E-state index < -0.39 is 0 Å². The van der Waals surface area contributed by atoms with Crippen molar-refractivity contribution < 1.29 is 4.79 Å². The topological polar surface area (TPSA) is 77.7 Å². The highest BCUT2D eigenvalue weighted by atomic mass is 16.1. The van der Waals surface area contributed by atoms with Gasteiger partial charge in [0.2, 0.25) is 0 Å². The van der Waals surface area contributed by atoms with Gasteiger partial charge in [-0.3, -0.25) is 9.48 Å². The van der Waals surface area contributed by atoms with Gasteiger partial charge in [-0.15, -0.1) is 0 Å². The van der Waals surface area contributed by atoms with Crippen molar-refractivity contribution in [2.75, 3.05) is 20.6 Å². The number of aromatic nitrogens is 3. The number of H-pyrrole nitrogens is 1. The first-order valence-electron chi connectivity index (χ1n) is 9.97. The molecule has 0 amide bonds. The standard InChI is InChI=1S/C24H21N5O/c1-28(2)8-3-9-29-14-17(13-26-29)16-5-7-18-20(11-16)23-22(24(18)30)19-6-4-15(12-25)10-21(19)27-23/h4-7,10-11,13-14,27H,3,8-9H2,1-2H3. The van der Waals surface area contributed by atoms with E-state index in [2.05, 4.69) is 47.4 Å². The Morgan fingerprint density at radius 1 is 1.13 bits per heavy atom. The first kappa shape index (κ1) is 18.3. The molecule has 0 bridgehead atoms. The lowest BCUT2D eigenvalue weighted by Gasteiger charge is -2.08. The Morgan fingerprint density at radius 3 is 2.80 bits per heavy atom. The van der Waals surface area contributed by atoms with Crippen LogP contribution < -0.4 is 0 Å². The highest BCUT2D eigenvalue weighted by Crippen LogP contribution is 2.42. The third kappa shape index (κ3) is 2.92. The molecule has 1 aliphatic rings. The molecule has 0 spiro atoms. The van der Waals surface area contributed by atoms with Gasteiger partial charge in [-0.05, 0) is 56.9 Å². The molecule has 0 atom stereocenters. The summed E-state index contributed by atoms with van der Waals surface area (Å²) in [5.41, 5.74) is 6.60. The molecule has 0 aliphatic heterocycles. The summed E-state index contributed by atoms with van der Waals surface area (Å²) in [7, 11) is 4.14. The van der Waals surface area contributed by atoms with Gasteiger partial charge in [-0.2, -0.15) is 10.4 Å². The highest BCUT2D eigenvalue weighted by molar-refractivity contribution is 6.27. The number of aryl methyl sites for hydroxylation is 1. The second kappa shape index (κ2) is 6.97. The largest absolute Gasteiger partial charge is 0.354 e. The van der Waals surface area contributed by atoms with Gasteiger partial charge in [0.05, 0.1) is 29.1 Å². The molecule has 30 heavy (non-hydrogen) atoms. The Kier molecular flexibility index (Phi) is 4.27. The van der Waals surface area contributed by atoms with Gasteiger partial charge >= 0.3 is 0 Å². The minimum absolute atomic E-state index is 0.0295. The van der Waals surface area contributed by atoms with Crippen molar-refractivity contribution in [3.05, 3.63) is 65.5 Å². The van der Waals surface area contributed by atoms with E-state index in [1.165, 1.54) is 0 Å². The summed E-state index contributed by atoms with van der Waals surface area (Å²) in [6.45, 7) is 1.89. The molecule has 148 valence electrons. The number of rotatable bonds is 5. The molecule has 1 aliphatic carbocycles. The predicted molar refractivity (Wildman–Crippen MR) is 116 cm³/mol. The van der Waals surface area contributed by atoms with E-state index in [9.17, 15) is 4.79 Å². The lowest BCUT2D eigenvalue weighted by atomic mass is 10.0. The van der Waals surface area contributed by atoms with Gasteiger partial charge in [-0.1, -0.05) is 12.1 Å². The molecule has 1 N–H and O–H groups in total. The van der Waals surface area contributed by atoms with Crippen LogP contribution in [0.3, 0.4) is 0 Å². The Labute approximate surface area is 174 Å². The molecule has 0 saturated heterocycles. The van der Waals surface area contributed by atoms with Crippen molar-refractivity contribution in [2.24, 2.45) is 0 Å². The molecule has 6 nitrogen and oxygen atoms in total. The van der Waals surface area contributed by atoms with E-state index in [1.807, 2.05) is 29.1 Å². The zero-order valence-electron chi connectivity index (χ0n) is 16.9. The summed E-state index contributed by atoms with van der Waals surface area (Å²) in [5, 5.41) is 14.5. The Balaban J connectivity index is 1.51. The zero-order valence-corrected chi connectivity index (χ0v) is 16.9. The fraction of sp³-hybridized carbons (Fsp3) is 0.208. The summed E-state index contributed by atoms with van der Waals surface area (Å²) >= 11 is 0. The molecule has 0 saturated carbocycles. The number of benzene rings is 2. The first-order chi connectivity index (χ1) is 14.5. The number of nitrogens with one attached hydrogen (secondary N) is 1. The quantitative estimate of drug-likeness (QED) is 0.487. The summed E-state index contributed by atoms with van der Waals surface area (Å²) in [6, 6.07) is 13.5. The Morgan fingerprint density at radius 2 is 2.00 bits per heavy atom. The van der Waals surface area contributed by atoms with E-state index in [-0.39, 0.29) is 5.78 Å². The number of carbonyl (C=O) groups excluding carboxylic acids is 1. The van der Waals surface area contributed by atoms with E-state index in [0.29, 0.717) is 16.7 Å². The van der Waals surface area contributed by atoms with Gasteiger partial charge < -0.3 is 9.88 Å². The molecule has 2 heterocycles. The number of hydrogen-bond acceptors (Lipinski definition) is 4. The third-order valence-electron chi connectivity index (χ3n) is 5.65. The number of hydrogen-bond donors (Lipinski definition) is 1. The van der Waals surface area contributed by atoms with Crippen LogP contribution in [0, 0.1) is 11.3 Å². The molecule has 5 rings (SSSR count). The van der Waals surface area contributed by atoms with Crippen molar-refractivity contribution in [1.29, 1.82) is 5.26 Å². The summed E-state index contributed by atoms with van der Waals surface area (Å²) < 4.78 is 1.97. The maximum Gasteiger partial charge on any atom is 0.196 e. The van der Waals surface area contributed by atoms with Crippen LogP contribution in [0.1, 0.15) is 27.9 Å². The summed E-state index contributed by atoms with van der Waals surface area (Å²) in [5.74, 6) is 0.0295. The maximum atomic E-state index is 13.0. The molecule has 0 radical (unpaired) electrons. The SMILES string of the molecule is CN(C)CCCn1cc(-c2ccc3c(c2)-c2[nH]c4cc(C#N)ccc4c2C3=O)cn1. The number of ketones is 1. The molecule has 6 heteroatoms. The van der Waals surface area contributed by atoms with E-state index in [0.717, 1.165) is 52.8 Å². The smallest absolute Gasteiger partial charge is 0.196 e. The minimum atomic E-state index is 0.0295. The van der Waals surface area contributed by atoms with Gasteiger partial charge in [0.25, 0.3) is 0 Å². The van der Waals surface area contributed by atoms with Crippen LogP contribution in [0.5, 0.6) is 0 Å². The molecule has 2 aromatic carbocycles. The molecule has 0 unspecified atom stereocenters. The van der Waals surface area contributed by atoms with Crippen LogP contribution in [0.4, 0.5) is 0 Å². The van der Waals surface area contributed by atoms with Crippen LogP contribution in [0.15, 0.2) is 48.8 Å². The number of carbonyl (C=O) groups is 1. The Hall–Kier alpha value is -3.69. The van der Waals surface area contributed by atoms with Crippen molar-refractivity contribution in [3.8, 4) is 28.5 Å².